The summed E-state index contributed by atoms with van der Waals surface area (Å²) in [6, 6.07) is 10.2. The fraction of sp³-hybridized carbons (Fsp3) is 0.571. The molecule has 3 fully saturated rings. The van der Waals surface area contributed by atoms with Gasteiger partial charge in [-0.05, 0) is 0 Å². The summed E-state index contributed by atoms with van der Waals surface area (Å²) in [6.45, 7) is 6.23. The standard InChI is InChI=1S/C21H26O4Se/c1-11-8-17(23)19-15(10-26-13-6-4-3-5-7-13)21(24)25-20(19)18-12(2)16(22)9-14(11)18/h3-7,12,14-20,22-23H,1,8-10H2,2H3. The van der Waals surface area contributed by atoms with E-state index in [4.69, 9.17) is 4.74 Å². The fourth-order valence-corrected chi connectivity index (χ4v) is 7.43. The van der Waals surface area contributed by atoms with E-state index in [-0.39, 0.29) is 62.7 Å². The van der Waals surface area contributed by atoms with E-state index in [1.54, 1.807) is 0 Å². The number of rotatable bonds is 3. The third-order valence-corrected chi connectivity index (χ3v) is 8.94. The number of aliphatic hydroxyl groups is 2. The van der Waals surface area contributed by atoms with Crippen molar-refractivity contribution >= 4 is 25.4 Å². The molecule has 1 aromatic carbocycles. The molecule has 0 radical (unpaired) electrons. The molecule has 4 nitrogen and oxygen atoms in total. The van der Waals surface area contributed by atoms with E-state index in [0.717, 1.165) is 10.9 Å². The molecule has 5 heteroatoms. The Morgan fingerprint density at radius 1 is 1.19 bits per heavy atom. The Labute approximate surface area is 160 Å². The van der Waals surface area contributed by atoms with Gasteiger partial charge in [-0.15, -0.1) is 0 Å². The van der Waals surface area contributed by atoms with Crippen molar-refractivity contribution in [2.45, 2.75) is 43.4 Å². The average Bonchev–Trinajstić information content (AvgIpc) is 3.07. The number of hydrogen-bond acceptors (Lipinski definition) is 4. The zero-order valence-corrected chi connectivity index (χ0v) is 16.7. The summed E-state index contributed by atoms with van der Waals surface area (Å²) in [5.74, 6) is -0.356. The van der Waals surface area contributed by atoms with Gasteiger partial charge < -0.3 is 0 Å². The summed E-state index contributed by atoms with van der Waals surface area (Å²) < 4.78 is 7.11. The molecule has 2 aliphatic carbocycles. The maximum absolute atomic E-state index is 12.7. The SMILES string of the molecule is C=C1CC(O)C2C(C[Se]c3ccccc3)C(=O)OC2C2C1CC(O)C2C. The molecule has 8 unspecified atom stereocenters. The molecular weight excluding hydrogens is 395 g/mol. The number of hydrogen-bond donors (Lipinski definition) is 2. The monoisotopic (exact) mass is 422 g/mol. The second kappa shape index (κ2) is 7.12. The normalized spacial score (nSPS) is 42.1. The van der Waals surface area contributed by atoms with Crippen LogP contribution in [0.3, 0.4) is 0 Å². The Morgan fingerprint density at radius 2 is 1.92 bits per heavy atom. The molecule has 3 aliphatic rings. The van der Waals surface area contributed by atoms with Crippen molar-refractivity contribution in [3.8, 4) is 0 Å². The fourth-order valence-electron chi connectivity index (χ4n) is 5.17. The minimum absolute atomic E-state index is 0.0562. The van der Waals surface area contributed by atoms with Gasteiger partial charge in [-0.1, -0.05) is 0 Å². The van der Waals surface area contributed by atoms with E-state index in [1.165, 1.54) is 4.46 Å². The molecule has 26 heavy (non-hydrogen) atoms. The summed E-state index contributed by atoms with van der Waals surface area (Å²) >= 11 is 0.170. The molecule has 0 bridgehead atoms. The second-order valence-electron chi connectivity index (χ2n) is 7.99. The molecule has 8 atom stereocenters. The van der Waals surface area contributed by atoms with Gasteiger partial charge in [0.15, 0.2) is 0 Å². The molecule has 1 heterocycles. The van der Waals surface area contributed by atoms with Crippen LogP contribution in [0.1, 0.15) is 19.8 Å². The van der Waals surface area contributed by atoms with Gasteiger partial charge in [0.1, 0.15) is 0 Å². The zero-order valence-electron chi connectivity index (χ0n) is 15.0. The molecule has 4 rings (SSSR count). The van der Waals surface area contributed by atoms with Crippen molar-refractivity contribution in [3.63, 3.8) is 0 Å². The first kappa shape index (κ1) is 18.2. The molecule has 0 spiro atoms. The van der Waals surface area contributed by atoms with Crippen LogP contribution in [0.4, 0.5) is 0 Å². The van der Waals surface area contributed by atoms with Gasteiger partial charge in [0.25, 0.3) is 0 Å². The van der Waals surface area contributed by atoms with Crippen molar-refractivity contribution in [2.75, 3.05) is 0 Å². The van der Waals surface area contributed by atoms with Crippen molar-refractivity contribution in [2.24, 2.45) is 29.6 Å². The number of benzene rings is 1. The van der Waals surface area contributed by atoms with Crippen LogP contribution in [0.25, 0.3) is 0 Å². The average molecular weight is 421 g/mol. The van der Waals surface area contributed by atoms with E-state index in [9.17, 15) is 15.0 Å². The van der Waals surface area contributed by atoms with Crippen LogP contribution in [-0.2, 0) is 9.53 Å². The molecule has 1 aromatic rings. The van der Waals surface area contributed by atoms with Gasteiger partial charge in [-0.3, -0.25) is 0 Å². The molecule has 0 aromatic heterocycles. The Morgan fingerprint density at radius 3 is 2.65 bits per heavy atom. The van der Waals surface area contributed by atoms with Crippen LogP contribution in [-0.4, -0.2) is 49.5 Å². The van der Waals surface area contributed by atoms with Gasteiger partial charge in [0.2, 0.25) is 0 Å². The van der Waals surface area contributed by atoms with Crippen molar-refractivity contribution in [1.82, 2.24) is 0 Å². The van der Waals surface area contributed by atoms with Crippen molar-refractivity contribution in [1.29, 1.82) is 0 Å². The van der Waals surface area contributed by atoms with E-state index in [2.05, 4.69) is 18.7 Å². The van der Waals surface area contributed by atoms with Gasteiger partial charge >= 0.3 is 161 Å². The third kappa shape index (κ3) is 3.05. The Hall–Kier alpha value is -1.13. The minimum atomic E-state index is -0.592. The number of ether oxygens (including phenoxy) is 1. The van der Waals surface area contributed by atoms with E-state index in [1.807, 2.05) is 25.1 Å². The Balaban J connectivity index is 1.59. The molecule has 1 aliphatic heterocycles. The van der Waals surface area contributed by atoms with E-state index < -0.39 is 6.10 Å². The van der Waals surface area contributed by atoms with Crippen LogP contribution in [0.2, 0.25) is 5.32 Å². The van der Waals surface area contributed by atoms with E-state index in [0.29, 0.717) is 12.8 Å². The predicted molar refractivity (Wildman–Crippen MR) is 100 cm³/mol. The number of aliphatic hydroxyl groups excluding tert-OH is 2. The number of carbonyl (C=O) groups excluding carboxylic acids is 1. The van der Waals surface area contributed by atoms with Crippen LogP contribution in [0.15, 0.2) is 42.5 Å². The molecule has 1 saturated heterocycles. The van der Waals surface area contributed by atoms with Crippen molar-refractivity contribution < 1.29 is 19.7 Å². The third-order valence-electron chi connectivity index (χ3n) is 6.57. The van der Waals surface area contributed by atoms with Crippen LogP contribution >= 0.6 is 0 Å². The van der Waals surface area contributed by atoms with Crippen LogP contribution in [0.5, 0.6) is 0 Å². The molecule has 2 saturated carbocycles. The summed E-state index contributed by atoms with van der Waals surface area (Å²) in [4.78, 5) is 12.7. The van der Waals surface area contributed by atoms with Gasteiger partial charge in [-0.2, -0.15) is 0 Å². The molecule has 140 valence electrons. The Bertz CT molecular complexity index is 691. The first-order valence-electron chi connectivity index (χ1n) is 9.39. The first-order valence-corrected chi connectivity index (χ1v) is 11.5. The zero-order chi connectivity index (χ0) is 18.4. The maximum atomic E-state index is 12.7. The topological polar surface area (TPSA) is 66.8 Å². The van der Waals surface area contributed by atoms with E-state index >= 15 is 0 Å². The molecular formula is C21H26O4Se. The first-order chi connectivity index (χ1) is 12.5. The van der Waals surface area contributed by atoms with Crippen molar-refractivity contribution in [3.05, 3.63) is 42.5 Å². The number of carbonyl (C=O) groups is 1. The van der Waals surface area contributed by atoms with Gasteiger partial charge in [-0.25, -0.2) is 0 Å². The second-order valence-corrected chi connectivity index (χ2v) is 10.3. The molecule has 0 amide bonds. The number of esters is 1. The quantitative estimate of drug-likeness (QED) is 0.442. The summed E-state index contributed by atoms with van der Waals surface area (Å²) in [7, 11) is 0. The van der Waals surface area contributed by atoms with Gasteiger partial charge in [0.05, 0.1) is 0 Å². The summed E-state index contributed by atoms with van der Waals surface area (Å²) in [5, 5.41) is 22.0. The molecule has 2 N–H and O–H groups in total. The van der Waals surface area contributed by atoms with Gasteiger partial charge in [0, 0.05) is 0 Å². The van der Waals surface area contributed by atoms with Crippen LogP contribution in [0, 0.1) is 29.6 Å². The van der Waals surface area contributed by atoms with Crippen LogP contribution < -0.4 is 4.46 Å². The predicted octanol–water partition coefficient (Wildman–Crippen LogP) is 1.55. The number of fused-ring (bicyclic) bond motifs is 3. The Kier molecular flexibility index (Phi) is 5.00. The summed E-state index contributed by atoms with van der Waals surface area (Å²) in [5.41, 5.74) is 1.00. The summed E-state index contributed by atoms with van der Waals surface area (Å²) in [6.07, 6.45) is -0.107.